The topological polar surface area (TPSA) is 53.3 Å². The van der Waals surface area contributed by atoms with Crippen LogP contribution in [0.3, 0.4) is 0 Å². The first-order valence-electron chi connectivity index (χ1n) is 5.96. The summed E-state index contributed by atoms with van der Waals surface area (Å²) < 4.78 is 4.51. The van der Waals surface area contributed by atoms with Crippen LogP contribution in [-0.2, 0) is 9.53 Å². The highest BCUT2D eigenvalue weighted by Gasteiger charge is 2.07. The fourth-order valence-corrected chi connectivity index (χ4v) is 1.47. The highest BCUT2D eigenvalue weighted by molar-refractivity contribution is 5.71. The minimum atomic E-state index is -0.354. The van der Waals surface area contributed by atoms with Crippen LogP contribution in [0.25, 0.3) is 0 Å². The third-order valence-electron chi connectivity index (χ3n) is 2.47. The summed E-state index contributed by atoms with van der Waals surface area (Å²) in [5, 5.41) is 8.78. The smallest absolute Gasteiger partial charge is 0.326 e. The second kappa shape index (κ2) is 10.3. The minimum Gasteiger partial charge on any atom is -0.468 e. The van der Waals surface area contributed by atoms with Gasteiger partial charge in [-0.05, 0) is 6.42 Å². The van der Waals surface area contributed by atoms with Crippen molar-refractivity contribution in [3.8, 4) is 6.19 Å². The van der Waals surface area contributed by atoms with Gasteiger partial charge in [-0.3, -0.25) is 9.69 Å². The number of nitriles is 1. The maximum absolute atomic E-state index is 10.9. The Labute approximate surface area is 98.2 Å². The molecule has 16 heavy (non-hydrogen) atoms. The second-order valence-corrected chi connectivity index (χ2v) is 3.87. The van der Waals surface area contributed by atoms with Gasteiger partial charge in [0.15, 0.2) is 6.19 Å². The maximum Gasteiger partial charge on any atom is 0.326 e. The van der Waals surface area contributed by atoms with Crippen LogP contribution in [0.2, 0.25) is 0 Å². The van der Waals surface area contributed by atoms with Crippen LogP contribution in [0.4, 0.5) is 0 Å². The molecule has 0 fully saturated rings. The molecule has 0 spiro atoms. The molecule has 0 aliphatic rings. The van der Waals surface area contributed by atoms with Gasteiger partial charge in [-0.2, -0.15) is 5.26 Å². The second-order valence-electron chi connectivity index (χ2n) is 3.87. The van der Waals surface area contributed by atoms with Crippen LogP contribution in [0.5, 0.6) is 0 Å². The van der Waals surface area contributed by atoms with Gasteiger partial charge in [0.05, 0.1) is 7.11 Å². The van der Waals surface area contributed by atoms with Crippen LogP contribution >= 0.6 is 0 Å². The first-order chi connectivity index (χ1) is 7.74. The Bertz CT molecular complexity index is 224. The van der Waals surface area contributed by atoms with Crippen LogP contribution in [0.15, 0.2) is 0 Å². The van der Waals surface area contributed by atoms with Gasteiger partial charge in [0.2, 0.25) is 0 Å². The number of carbonyl (C=O) groups is 1. The summed E-state index contributed by atoms with van der Waals surface area (Å²) >= 11 is 0. The molecule has 4 nitrogen and oxygen atoms in total. The van der Waals surface area contributed by atoms with Gasteiger partial charge in [0, 0.05) is 6.54 Å². The predicted molar refractivity (Wildman–Crippen MR) is 62.6 cm³/mol. The zero-order valence-electron chi connectivity index (χ0n) is 10.4. The normalized spacial score (nSPS) is 9.56. The third kappa shape index (κ3) is 8.10. The predicted octanol–water partition coefficient (Wildman–Crippen LogP) is 2.30. The molecule has 0 heterocycles. The van der Waals surface area contributed by atoms with E-state index in [9.17, 15) is 4.79 Å². The number of hydrogen-bond donors (Lipinski definition) is 0. The lowest BCUT2D eigenvalue weighted by molar-refractivity contribution is -0.141. The van der Waals surface area contributed by atoms with Crippen LogP contribution < -0.4 is 0 Å². The highest BCUT2D eigenvalue weighted by atomic mass is 16.5. The molecular formula is C12H22N2O2. The summed E-state index contributed by atoms with van der Waals surface area (Å²) in [6, 6.07) is 0. The number of ether oxygens (including phenoxy) is 1. The molecule has 0 N–H and O–H groups in total. The maximum atomic E-state index is 10.9. The highest BCUT2D eigenvalue weighted by Crippen LogP contribution is 2.05. The van der Waals surface area contributed by atoms with Crippen LogP contribution in [-0.4, -0.2) is 31.1 Å². The van der Waals surface area contributed by atoms with Crippen molar-refractivity contribution in [1.29, 1.82) is 5.26 Å². The molecule has 0 unspecified atom stereocenters. The van der Waals surface area contributed by atoms with E-state index >= 15 is 0 Å². The lowest BCUT2D eigenvalue weighted by Crippen LogP contribution is -2.27. The van der Waals surface area contributed by atoms with E-state index in [2.05, 4.69) is 11.7 Å². The van der Waals surface area contributed by atoms with Crippen molar-refractivity contribution in [2.75, 3.05) is 20.2 Å². The molecule has 0 radical (unpaired) electrons. The van der Waals surface area contributed by atoms with Crippen molar-refractivity contribution in [3.63, 3.8) is 0 Å². The average molecular weight is 226 g/mol. The van der Waals surface area contributed by atoms with Gasteiger partial charge in [-0.15, -0.1) is 0 Å². The average Bonchev–Trinajstić information content (AvgIpc) is 2.31. The summed E-state index contributed by atoms with van der Waals surface area (Å²) in [5.74, 6) is -0.354. The molecule has 92 valence electrons. The molecule has 0 bridgehead atoms. The molecule has 0 aliphatic carbocycles. The molecular weight excluding hydrogens is 204 g/mol. The molecule has 0 aromatic rings. The van der Waals surface area contributed by atoms with E-state index in [4.69, 9.17) is 5.26 Å². The minimum absolute atomic E-state index is 0.0714. The molecule has 0 amide bonds. The van der Waals surface area contributed by atoms with Gasteiger partial charge >= 0.3 is 5.97 Å². The number of carbonyl (C=O) groups excluding carboxylic acids is 1. The van der Waals surface area contributed by atoms with Crippen molar-refractivity contribution in [2.24, 2.45) is 0 Å². The van der Waals surface area contributed by atoms with Crippen molar-refractivity contribution in [1.82, 2.24) is 4.90 Å². The molecule has 0 aliphatic heterocycles. The lowest BCUT2D eigenvalue weighted by atomic mass is 10.1. The fraction of sp³-hybridized carbons (Fsp3) is 0.833. The van der Waals surface area contributed by atoms with Crippen molar-refractivity contribution in [2.45, 2.75) is 45.4 Å². The van der Waals surface area contributed by atoms with E-state index < -0.39 is 0 Å². The van der Waals surface area contributed by atoms with Gasteiger partial charge < -0.3 is 4.74 Å². The van der Waals surface area contributed by atoms with E-state index in [0.29, 0.717) is 6.54 Å². The lowest BCUT2D eigenvalue weighted by Gasteiger charge is -2.13. The number of esters is 1. The number of rotatable bonds is 9. The fourth-order valence-electron chi connectivity index (χ4n) is 1.47. The van der Waals surface area contributed by atoms with Gasteiger partial charge in [0.1, 0.15) is 6.54 Å². The first-order valence-corrected chi connectivity index (χ1v) is 5.96. The SMILES string of the molecule is CCCCCCCCN(C#N)CC(=O)OC. The van der Waals surface area contributed by atoms with E-state index in [1.54, 1.807) is 0 Å². The quantitative estimate of drug-likeness (QED) is 0.262. The standard InChI is InChI=1S/C12H22N2O2/c1-3-4-5-6-7-8-9-14(11-13)10-12(15)16-2/h3-10H2,1-2H3. The molecule has 4 heteroatoms. The molecule has 0 atom stereocenters. The Balaban J connectivity index is 3.49. The van der Waals surface area contributed by atoms with Gasteiger partial charge in [-0.25, -0.2) is 0 Å². The number of methoxy groups -OCH3 is 1. The Morgan fingerprint density at radius 1 is 1.25 bits per heavy atom. The Kier molecular flexibility index (Phi) is 9.49. The summed E-state index contributed by atoms with van der Waals surface area (Å²) in [5.41, 5.74) is 0. The van der Waals surface area contributed by atoms with E-state index in [0.717, 1.165) is 12.8 Å². The zero-order valence-corrected chi connectivity index (χ0v) is 10.4. The van der Waals surface area contributed by atoms with E-state index in [-0.39, 0.29) is 12.5 Å². The summed E-state index contributed by atoms with van der Waals surface area (Å²) in [4.78, 5) is 12.4. The Morgan fingerprint density at radius 3 is 2.44 bits per heavy atom. The Morgan fingerprint density at radius 2 is 1.88 bits per heavy atom. The monoisotopic (exact) mass is 226 g/mol. The number of nitrogens with zero attached hydrogens (tertiary/aromatic N) is 2. The van der Waals surface area contributed by atoms with E-state index in [1.165, 1.54) is 37.7 Å². The van der Waals surface area contributed by atoms with Gasteiger partial charge in [0.25, 0.3) is 0 Å². The first kappa shape index (κ1) is 14.8. The summed E-state index contributed by atoms with van der Waals surface area (Å²) in [6.45, 7) is 2.91. The zero-order chi connectivity index (χ0) is 12.2. The third-order valence-corrected chi connectivity index (χ3v) is 2.47. The summed E-state index contributed by atoms with van der Waals surface area (Å²) in [7, 11) is 1.34. The molecule has 0 saturated carbocycles. The Hall–Kier alpha value is -1.24. The van der Waals surface area contributed by atoms with Crippen molar-refractivity contribution in [3.05, 3.63) is 0 Å². The molecule has 0 aromatic heterocycles. The van der Waals surface area contributed by atoms with Crippen LogP contribution in [0, 0.1) is 11.5 Å². The molecule has 0 aromatic carbocycles. The summed E-state index contributed by atoms with van der Waals surface area (Å²) in [6.07, 6.45) is 9.09. The largest absolute Gasteiger partial charge is 0.468 e. The van der Waals surface area contributed by atoms with Crippen molar-refractivity contribution >= 4 is 5.97 Å². The van der Waals surface area contributed by atoms with Crippen LogP contribution in [0.1, 0.15) is 45.4 Å². The number of unbranched alkanes of at least 4 members (excludes halogenated alkanes) is 5. The van der Waals surface area contributed by atoms with E-state index in [1.807, 2.05) is 6.19 Å². The van der Waals surface area contributed by atoms with Crippen molar-refractivity contribution < 1.29 is 9.53 Å². The van der Waals surface area contributed by atoms with Gasteiger partial charge in [-0.1, -0.05) is 39.0 Å². The number of hydrogen-bond acceptors (Lipinski definition) is 4. The molecule has 0 saturated heterocycles. The molecule has 0 rings (SSSR count).